The largest absolute Gasteiger partial charge is 0.435 e. The number of anilines is 1. The van der Waals surface area contributed by atoms with Crippen molar-refractivity contribution < 1.29 is 4.42 Å². The van der Waals surface area contributed by atoms with E-state index in [9.17, 15) is 0 Å². The van der Waals surface area contributed by atoms with E-state index in [1.165, 1.54) is 11.3 Å². The molecule has 0 saturated carbocycles. The van der Waals surface area contributed by atoms with Crippen molar-refractivity contribution in [2.45, 2.75) is 0 Å². The molecule has 0 amide bonds. The first-order chi connectivity index (χ1) is 11.3. The summed E-state index contributed by atoms with van der Waals surface area (Å²) < 4.78 is 5.63. The van der Waals surface area contributed by atoms with E-state index in [0.717, 1.165) is 5.57 Å². The van der Waals surface area contributed by atoms with Gasteiger partial charge < -0.3 is 9.32 Å². The van der Waals surface area contributed by atoms with E-state index >= 15 is 0 Å². The van der Waals surface area contributed by atoms with Crippen molar-refractivity contribution in [2.24, 2.45) is 0 Å². The second kappa shape index (κ2) is 5.57. The van der Waals surface area contributed by atoms with Crippen LogP contribution in [0.4, 0.5) is 5.69 Å². The van der Waals surface area contributed by atoms with E-state index in [1.54, 1.807) is 6.20 Å². The number of pyridine rings is 1. The van der Waals surface area contributed by atoms with Crippen molar-refractivity contribution in [3.8, 4) is 0 Å². The van der Waals surface area contributed by atoms with Crippen LogP contribution in [0.5, 0.6) is 0 Å². The molecule has 4 heteroatoms. The minimum atomic E-state index is 0.556. The SMILES string of the molecule is CN1C=CC(=CC=Cc2nc3ncccc3o2)c2ccccc21. The molecule has 4 nitrogen and oxygen atoms in total. The Morgan fingerprint density at radius 3 is 2.96 bits per heavy atom. The molecule has 2 aromatic heterocycles. The smallest absolute Gasteiger partial charge is 0.221 e. The highest BCUT2D eigenvalue weighted by molar-refractivity contribution is 5.87. The molecule has 23 heavy (non-hydrogen) atoms. The van der Waals surface area contributed by atoms with Crippen LogP contribution < -0.4 is 4.90 Å². The zero-order chi connectivity index (χ0) is 15.6. The molecule has 0 radical (unpaired) electrons. The van der Waals surface area contributed by atoms with Crippen molar-refractivity contribution in [1.82, 2.24) is 9.97 Å². The van der Waals surface area contributed by atoms with Gasteiger partial charge in [0.05, 0.1) is 0 Å². The van der Waals surface area contributed by atoms with Crippen molar-refractivity contribution in [1.29, 1.82) is 0 Å². The Bertz CT molecular complexity index is 917. The average Bonchev–Trinajstić information content (AvgIpc) is 3.00. The third-order valence-electron chi connectivity index (χ3n) is 3.77. The Kier molecular flexibility index (Phi) is 3.27. The lowest BCUT2D eigenvalue weighted by Crippen LogP contribution is -2.13. The molecular weight excluding hydrogens is 286 g/mol. The topological polar surface area (TPSA) is 42.2 Å². The fraction of sp³-hybridized carbons (Fsp3) is 0.0526. The Morgan fingerprint density at radius 1 is 1.13 bits per heavy atom. The number of rotatable bonds is 2. The van der Waals surface area contributed by atoms with Crippen LogP contribution in [0.2, 0.25) is 0 Å². The maximum Gasteiger partial charge on any atom is 0.221 e. The van der Waals surface area contributed by atoms with Crippen LogP contribution in [0.25, 0.3) is 22.9 Å². The number of hydrogen-bond donors (Lipinski definition) is 0. The van der Waals surface area contributed by atoms with Gasteiger partial charge in [0.2, 0.25) is 5.89 Å². The second-order valence-electron chi connectivity index (χ2n) is 5.30. The lowest BCUT2D eigenvalue weighted by molar-refractivity contribution is 0.589. The summed E-state index contributed by atoms with van der Waals surface area (Å²) >= 11 is 0. The van der Waals surface area contributed by atoms with Crippen molar-refractivity contribution in [3.63, 3.8) is 0 Å². The fourth-order valence-corrected chi connectivity index (χ4v) is 2.62. The van der Waals surface area contributed by atoms with Gasteiger partial charge >= 0.3 is 0 Å². The molecule has 0 saturated heterocycles. The summed E-state index contributed by atoms with van der Waals surface area (Å²) in [7, 11) is 2.05. The number of para-hydroxylation sites is 1. The van der Waals surface area contributed by atoms with E-state index in [2.05, 4.69) is 51.4 Å². The van der Waals surface area contributed by atoms with Crippen LogP contribution in [0, 0.1) is 0 Å². The Morgan fingerprint density at radius 2 is 2.04 bits per heavy atom. The van der Waals surface area contributed by atoms with E-state index in [1.807, 2.05) is 37.4 Å². The molecule has 0 spiro atoms. The van der Waals surface area contributed by atoms with Gasteiger partial charge in [-0.15, -0.1) is 0 Å². The Hall–Kier alpha value is -3.14. The molecule has 3 heterocycles. The van der Waals surface area contributed by atoms with Crippen LogP contribution in [-0.4, -0.2) is 17.0 Å². The lowest BCUT2D eigenvalue weighted by Gasteiger charge is -2.23. The van der Waals surface area contributed by atoms with Crippen LogP contribution in [0.1, 0.15) is 11.5 Å². The third-order valence-corrected chi connectivity index (χ3v) is 3.77. The highest BCUT2D eigenvalue weighted by atomic mass is 16.3. The maximum atomic E-state index is 5.63. The van der Waals surface area contributed by atoms with Crippen molar-refractivity contribution in [3.05, 3.63) is 78.5 Å². The Labute approximate surface area is 134 Å². The molecule has 1 aliphatic heterocycles. The predicted molar refractivity (Wildman–Crippen MR) is 92.8 cm³/mol. The van der Waals surface area contributed by atoms with Gasteiger partial charge in [-0.05, 0) is 29.8 Å². The summed E-state index contributed by atoms with van der Waals surface area (Å²) in [5, 5.41) is 0. The van der Waals surface area contributed by atoms with Gasteiger partial charge in [-0.3, -0.25) is 0 Å². The maximum absolute atomic E-state index is 5.63. The molecule has 0 unspecified atom stereocenters. The first kappa shape index (κ1) is 13.5. The van der Waals surface area contributed by atoms with Gasteiger partial charge in [-0.25, -0.2) is 4.98 Å². The van der Waals surface area contributed by atoms with Gasteiger partial charge in [0, 0.05) is 36.8 Å². The predicted octanol–water partition coefficient (Wildman–Crippen LogP) is 4.28. The Balaban J connectivity index is 1.64. The van der Waals surface area contributed by atoms with Crippen LogP contribution >= 0.6 is 0 Å². The monoisotopic (exact) mass is 301 g/mol. The third kappa shape index (κ3) is 2.55. The molecule has 0 atom stereocenters. The summed E-state index contributed by atoms with van der Waals surface area (Å²) in [6, 6.07) is 12.0. The molecule has 0 aliphatic carbocycles. The van der Waals surface area contributed by atoms with Gasteiger partial charge in [0.1, 0.15) is 0 Å². The van der Waals surface area contributed by atoms with E-state index in [4.69, 9.17) is 4.42 Å². The van der Waals surface area contributed by atoms with Gasteiger partial charge in [-0.1, -0.05) is 30.4 Å². The van der Waals surface area contributed by atoms with Crippen molar-refractivity contribution in [2.75, 3.05) is 11.9 Å². The summed E-state index contributed by atoms with van der Waals surface area (Å²) in [5.41, 5.74) is 4.89. The van der Waals surface area contributed by atoms with E-state index in [0.29, 0.717) is 17.1 Å². The molecule has 3 aromatic rings. The molecule has 0 bridgehead atoms. The normalized spacial score (nSPS) is 15.7. The molecule has 0 fully saturated rings. The first-order valence-corrected chi connectivity index (χ1v) is 7.42. The number of allylic oxidation sites excluding steroid dienone is 4. The number of nitrogens with zero attached hydrogens (tertiary/aromatic N) is 3. The number of hydrogen-bond acceptors (Lipinski definition) is 4. The standard InChI is InChI=1S/C19H15N3O/c1-22-13-11-14(15-7-2-3-8-16(15)22)6-4-10-18-21-19-17(23-18)9-5-12-20-19/h2-13H,1H3. The quantitative estimate of drug-likeness (QED) is 0.708. The van der Waals surface area contributed by atoms with Crippen LogP contribution in [0.3, 0.4) is 0 Å². The van der Waals surface area contributed by atoms with Crippen LogP contribution in [-0.2, 0) is 0 Å². The molecule has 0 N–H and O–H groups in total. The van der Waals surface area contributed by atoms with Gasteiger partial charge in [0.15, 0.2) is 11.2 Å². The van der Waals surface area contributed by atoms with Gasteiger partial charge in [0.25, 0.3) is 0 Å². The second-order valence-corrected chi connectivity index (χ2v) is 5.30. The van der Waals surface area contributed by atoms with E-state index in [-0.39, 0.29) is 0 Å². The molecule has 1 aliphatic rings. The average molecular weight is 301 g/mol. The number of oxazole rings is 1. The van der Waals surface area contributed by atoms with E-state index < -0.39 is 0 Å². The highest BCUT2D eigenvalue weighted by Gasteiger charge is 2.11. The zero-order valence-corrected chi connectivity index (χ0v) is 12.7. The minimum Gasteiger partial charge on any atom is -0.435 e. The number of fused-ring (bicyclic) bond motifs is 2. The highest BCUT2D eigenvalue weighted by Crippen LogP contribution is 2.31. The van der Waals surface area contributed by atoms with Gasteiger partial charge in [-0.2, -0.15) is 4.98 Å². The summed E-state index contributed by atoms with van der Waals surface area (Å²) in [6.45, 7) is 0. The minimum absolute atomic E-state index is 0.556. The molecule has 4 rings (SSSR count). The molecular formula is C19H15N3O. The van der Waals surface area contributed by atoms with Crippen LogP contribution in [0.15, 0.2) is 71.4 Å². The lowest BCUT2D eigenvalue weighted by atomic mass is 10.00. The first-order valence-electron chi connectivity index (χ1n) is 7.42. The molecule has 112 valence electrons. The summed E-state index contributed by atoms with van der Waals surface area (Å²) in [5.74, 6) is 0.556. The molecule has 1 aromatic carbocycles. The zero-order valence-electron chi connectivity index (χ0n) is 12.7. The number of benzene rings is 1. The summed E-state index contributed by atoms with van der Waals surface area (Å²) in [4.78, 5) is 10.6. The fourth-order valence-electron chi connectivity index (χ4n) is 2.62. The van der Waals surface area contributed by atoms with Crippen molar-refractivity contribution >= 4 is 28.6 Å². The summed E-state index contributed by atoms with van der Waals surface area (Å²) in [6.07, 6.45) is 11.7. The number of aromatic nitrogens is 2.